The summed E-state index contributed by atoms with van der Waals surface area (Å²) in [6.45, 7) is 15.9. The molecule has 1 atom stereocenters. The second kappa shape index (κ2) is 11.5. The summed E-state index contributed by atoms with van der Waals surface area (Å²) >= 11 is 1.63. The largest absolute Gasteiger partial charge is 0.379 e. The van der Waals surface area contributed by atoms with Crippen molar-refractivity contribution in [2.45, 2.75) is 39.2 Å². The molecule has 27 heavy (non-hydrogen) atoms. The molecule has 143 valence electrons. The number of ketones is 1. The first-order valence-corrected chi connectivity index (χ1v) is 9.55. The minimum atomic E-state index is -0.166. The first-order chi connectivity index (χ1) is 12.3. The van der Waals surface area contributed by atoms with Crippen molar-refractivity contribution in [2.24, 2.45) is 0 Å². The van der Waals surface area contributed by atoms with Crippen LogP contribution < -0.4 is 10.6 Å². The summed E-state index contributed by atoms with van der Waals surface area (Å²) in [5.74, 6) is 1.17. The molecule has 3 heterocycles. The number of hydrogen-bond acceptors (Lipinski definition) is 5. The molecular formula is C21H27N3OSY-2. The Bertz CT molecular complexity index is 773. The Morgan fingerprint density at radius 1 is 1.33 bits per heavy atom. The summed E-state index contributed by atoms with van der Waals surface area (Å²) in [4.78, 5) is 17.9. The molecular weight excluding hydrogens is 431 g/mol. The van der Waals surface area contributed by atoms with Gasteiger partial charge in [0.1, 0.15) is 5.82 Å². The van der Waals surface area contributed by atoms with Gasteiger partial charge in [-0.1, -0.05) is 6.58 Å². The first kappa shape index (κ1) is 23.7. The summed E-state index contributed by atoms with van der Waals surface area (Å²) in [6.07, 6.45) is 3.07. The molecule has 0 amide bonds. The molecule has 4 nitrogen and oxygen atoms in total. The van der Waals surface area contributed by atoms with Gasteiger partial charge in [0, 0.05) is 51.4 Å². The number of thiophene rings is 1. The number of nitrogens with zero attached hydrogens (tertiary/aromatic N) is 1. The van der Waals surface area contributed by atoms with E-state index < -0.39 is 0 Å². The Hall–Kier alpha value is -1.30. The van der Waals surface area contributed by atoms with Gasteiger partial charge in [-0.05, 0) is 37.1 Å². The normalized spacial score (nSPS) is 13.0. The second-order valence-electron chi connectivity index (χ2n) is 6.50. The third kappa shape index (κ3) is 8.08. The van der Waals surface area contributed by atoms with Crippen molar-refractivity contribution in [1.29, 1.82) is 0 Å². The standard InChI is InChI=1S/C12H16NOS.C9H11N2.Y/c1-8(2)13-12(10(4)14)7-11-6-5-9(3)15-11;1-7-4-5-8-3-2-6-10-9(8)11-7;/h5-6,12-13H,1,3,7H2,2,4H3;4-5H,1-3,6H2,(H,10,11);/q2*-1;/t12-;;/m0../s1. The number of nitrogens with one attached hydrogen (secondary N) is 2. The molecule has 2 aromatic rings. The Labute approximate surface area is 192 Å². The van der Waals surface area contributed by atoms with Crippen LogP contribution in [0.3, 0.4) is 0 Å². The minimum Gasteiger partial charge on any atom is -0.379 e. The van der Waals surface area contributed by atoms with Crippen molar-refractivity contribution in [2.75, 3.05) is 11.9 Å². The SMILES string of the molecule is C=C(C)N[C@@H](Cc1ccc([CH2-])s1)C(C)=O.[CH2-]c1ccc2c(n1)NCCC2.[Y]. The smallest absolute Gasteiger partial charge is 0.152 e. The van der Waals surface area contributed by atoms with E-state index in [2.05, 4.69) is 42.1 Å². The first-order valence-electron chi connectivity index (χ1n) is 8.74. The number of carbonyl (C=O) groups excluding carboxylic acids is 1. The number of pyridine rings is 1. The molecule has 0 fully saturated rings. The van der Waals surface area contributed by atoms with Crippen molar-refractivity contribution in [3.63, 3.8) is 0 Å². The molecule has 1 aliphatic rings. The van der Waals surface area contributed by atoms with E-state index in [1.165, 1.54) is 16.9 Å². The van der Waals surface area contributed by atoms with Gasteiger partial charge in [0.15, 0.2) is 5.78 Å². The Balaban J connectivity index is 0.000000270. The van der Waals surface area contributed by atoms with Gasteiger partial charge in [0.05, 0.1) is 6.04 Å². The number of hydrogen-bond donors (Lipinski definition) is 2. The topological polar surface area (TPSA) is 54.0 Å². The average molecular weight is 458 g/mol. The summed E-state index contributed by atoms with van der Waals surface area (Å²) in [5.41, 5.74) is 2.99. The molecule has 0 saturated carbocycles. The van der Waals surface area contributed by atoms with Crippen LogP contribution in [-0.2, 0) is 50.3 Å². The third-order valence-electron chi connectivity index (χ3n) is 3.99. The summed E-state index contributed by atoms with van der Waals surface area (Å²) < 4.78 is 0. The van der Waals surface area contributed by atoms with Gasteiger partial charge in [0.2, 0.25) is 0 Å². The molecule has 0 bridgehead atoms. The zero-order chi connectivity index (χ0) is 19.1. The van der Waals surface area contributed by atoms with Gasteiger partial charge in [0.25, 0.3) is 0 Å². The van der Waals surface area contributed by atoms with Crippen LogP contribution in [-0.4, -0.2) is 23.4 Å². The van der Waals surface area contributed by atoms with Gasteiger partial charge in [-0.25, -0.2) is 13.8 Å². The van der Waals surface area contributed by atoms with E-state index in [0.29, 0.717) is 6.42 Å². The molecule has 0 unspecified atom stereocenters. The van der Waals surface area contributed by atoms with Crippen molar-refractivity contribution in [3.8, 4) is 0 Å². The Morgan fingerprint density at radius 2 is 2.07 bits per heavy atom. The van der Waals surface area contributed by atoms with Crippen LogP contribution in [0.15, 0.2) is 36.5 Å². The molecule has 0 aliphatic carbocycles. The Morgan fingerprint density at radius 3 is 2.67 bits per heavy atom. The number of aryl methyl sites for hydroxylation is 1. The molecule has 2 aromatic heterocycles. The number of rotatable bonds is 5. The van der Waals surface area contributed by atoms with E-state index in [0.717, 1.165) is 35.1 Å². The zero-order valence-corrected chi connectivity index (χ0v) is 19.8. The van der Waals surface area contributed by atoms with Gasteiger partial charge in [-0.15, -0.1) is 22.7 Å². The summed E-state index contributed by atoms with van der Waals surface area (Å²) in [6, 6.07) is 7.89. The van der Waals surface area contributed by atoms with Crippen LogP contribution >= 0.6 is 11.3 Å². The molecule has 1 radical (unpaired) electrons. The number of carbonyl (C=O) groups is 1. The Kier molecular flexibility index (Phi) is 10.1. The number of fused-ring (bicyclic) bond motifs is 1. The van der Waals surface area contributed by atoms with E-state index in [1.807, 2.05) is 25.1 Å². The molecule has 2 N–H and O–H groups in total. The van der Waals surface area contributed by atoms with E-state index in [-0.39, 0.29) is 44.5 Å². The van der Waals surface area contributed by atoms with Crippen molar-refractivity contribution in [3.05, 3.63) is 71.4 Å². The number of allylic oxidation sites excluding steroid dienone is 1. The van der Waals surface area contributed by atoms with Crippen LogP contribution in [0.4, 0.5) is 5.82 Å². The number of aromatic nitrogens is 1. The van der Waals surface area contributed by atoms with Gasteiger partial charge >= 0.3 is 0 Å². The van der Waals surface area contributed by atoms with Crippen molar-refractivity contribution >= 4 is 22.9 Å². The van der Waals surface area contributed by atoms with Gasteiger partial charge < -0.3 is 10.6 Å². The van der Waals surface area contributed by atoms with Gasteiger partial charge in [-0.3, -0.25) is 9.78 Å². The number of anilines is 1. The van der Waals surface area contributed by atoms with Crippen LogP contribution in [0, 0.1) is 13.8 Å². The van der Waals surface area contributed by atoms with Crippen molar-refractivity contribution < 1.29 is 37.5 Å². The van der Waals surface area contributed by atoms with Crippen LogP contribution in [0.5, 0.6) is 0 Å². The molecule has 0 aromatic carbocycles. The fourth-order valence-corrected chi connectivity index (χ4v) is 3.55. The molecule has 0 saturated heterocycles. The maximum Gasteiger partial charge on any atom is 0.152 e. The van der Waals surface area contributed by atoms with Crippen molar-refractivity contribution in [1.82, 2.24) is 10.3 Å². The molecule has 0 spiro atoms. The molecule has 1 aliphatic heterocycles. The van der Waals surface area contributed by atoms with Crippen LogP contribution in [0.1, 0.15) is 41.3 Å². The minimum absolute atomic E-state index is 0. The molecule has 3 rings (SSSR count). The average Bonchev–Trinajstić information content (AvgIpc) is 2.99. The predicted molar refractivity (Wildman–Crippen MR) is 110 cm³/mol. The monoisotopic (exact) mass is 458 g/mol. The fraction of sp³-hybridized carbons (Fsp3) is 0.333. The quantitative estimate of drug-likeness (QED) is 0.661. The second-order valence-corrected chi connectivity index (χ2v) is 7.75. The fourth-order valence-electron chi connectivity index (χ4n) is 2.70. The van der Waals surface area contributed by atoms with E-state index in [1.54, 1.807) is 18.3 Å². The van der Waals surface area contributed by atoms with Gasteiger partial charge in [-0.2, -0.15) is 23.5 Å². The third-order valence-corrected chi connectivity index (χ3v) is 4.95. The maximum absolute atomic E-state index is 11.4. The molecule has 6 heteroatoms. The summed E-state index contributed by atoms with van der Waals surface area (Å²) in [7, 11) is 0. The summed E-state index contributed by atoms with van der Waals surface area (Å²) in [5, 5.41) is 6.33. The number of Topliss-reactive ketones (excluding diaryl/α,β-unsaturated/α-hetero) is 1. The van der Waals surface area contributed by atoms with Crippen LogP contribution in [0.2, 0.25) is 0 Å². The van der Waals surface area contributed by atoms with E-state index in [4.69, 9.17) is 0 Å². The van der Waals surface area contributed by atoms with E-state index in [9.17, 15) is 4.79 Å². The predicted octanol–water partition coefficient (Wildman–Crippen LogP) is 4.17. The zero-order valence-electron chi connectivity index (χ0n) is 16.2. The van der Waals surface area contributed by atoms with Crippen LogP contribution in [0.25, 0.3) is 0 Å². The maximum atomic E-state index is 11.4. The van der Waals surface area contributed by atoms with E-state index >= 15 is 0 Å².